The maximum absolute atomic E-state index is 12.7. The van der Waals surface area contributed by atoms with Crippen molar-refractivity contribution >= 4 is 11.9 Å². The Kier molecular flexibility index (Phi) is 23.5. The lowest BCUT2D eigenvalue weighted by atomic mass is 9.98. The fourth-order valence-electron chi connectivity index (χ4n) is 6.04. The Balaban J connectivity index is 1.89. The molecule has 0 aromatic rings. The maximum atomic E-state index is 12.7. The smallest absolute Gasteiger partial charge is 0.306 e. The second-order valence-electron chi connectivity index (χ2n) is 13.8. The molecule has 0 bridgehead atoms. The lowest BCUT2D eigenvalue weighted by molar-refractivity contribution is -0.332. The van der Waals surface area contributed by atoms with E-state index in [9.17, 15) is 45.3 Å². The summed E-state index contributed by atoms with van der Waals surface area (Å²) in [6.45, 7) is 2.40. The molecule has 0 saturated carbocycles. The van der Waals surface area contributed by atoms with Gasteiger partial charge in [0.1, 0.15) is 55.4 Å². The van der Waals surface area contributed by atoms with E-state index in [-0.39, 0.29) is 26.1 Å². The van der Waals surface area contributed by atoms with E-state index in [1.54, 1.807) is 0 Å². The molecule has 2 aliphatic rings. The van der Waals surface area contributed by atoms with Gasteiger partial charge in [0.05, 0.1) is 19.8 Å². The molecule has 2 rings (SSSR count). The predicted molar refractivity (Wildman–Crippen MR) is 183 cm³/mol. The average Bonchev–Trinajstić information content (AvgIpc) is 3.12. The third kappa shape index (κ3) is 17.0. The van der Waals surface area contributed by atoms with E-state index in [1.807, 2.05) is 0 Å². The third-order valence-electron chi connectivity index (χ3n) is 9.34. The molecule has 0 aromatic heterocycles. The highest BCUT2D eigenvalue weighted by atomic mass is 16.7. The highest BCUT2D eigenvalue weighted by Gasteiger charge is 2.47. The van der Waals surface area contributed by atoms with Crippen molar-refractivity contribution in [2.75, 3.05) is 26.4 Å². The van der Waals surface area contributed by atoms with Crippen LogP contribution in [0.3, 0.4) is 0 Å². The first kappa shape index (κ1) is 45.7. The summed E-state index contributed by atoms with van der Waals surface area (Å²) >= 11 is 0. The van der Waals surface area contributed by atoms with Crippen LogP contribution >= 0.6 is 0 Å². The maximum Gasteiger partial charge on any atom is 0.306 e. The Hall–Kier alpha value is -1.50. The van der Waals surface area contributed by atoms with Crippen LogP contribution in [0.5, 0.6) is 0 Å². The van der Waals surface area contributed by atoms with Crippen molar-refractivity contribution in [2.45, 2.75) is 191 Å². The van der Waals surface area contributed by atoms with Gasteiger partial charge >= 0.3 is 11.9 Å². The first-order valence-electron chi connectivity index (χ1n) is 19.1. The predicted octanol–water partition coefficient (Wildman–Crippen LogP) is 1.75. The molecular formula is C36H66O15. The minimum Gasteiger partial charge on any atom is -0.462 e. The Morgan fingerprint density at radius 1 is 0.549 bits per heavy atom. The zero-order valence-electron chi connectivity index (χ0n) is 30.6. The van der Waals surface area contributed by atoms with Crippen molar-refractivity contribution < 1.29 is 73.8 Å². The first-order chi connectivity index (χ1) is 24.5. The lowest BCUT2D eigenvalue weighted by Gasteiger charge is -2.42. The molecule has 11 atom stereocenters. The van der Waals surface area contributed by atoms with Gasteiger partial charge in [-0.2, -0.15) is 0 Å². The summed E-state index contributed by atoms with van der Waals surface area (Å²) in [5, 5.41) is 71.3. The number of aliphatic hydroxyl groups excluding tert-OH is 7. The van der Waals surface area contributed by atoms with E-state index in [4.69, 9.17) is 28.4 Å². The molecule has 0 aliphatic carbocycles. The van der Waals surface area contributed by atoms with Crippen molar-refractivity contribution in [3.63, 3.8) is 0 Å². The van der Waals surface area contributed by atoms with Crippen LogP contribution in [0.2, 0.25) is 0 Å². The summed E-state index contributed by atoms with van der Waals surface area (Å²) in [4.78, 5) is 25.1. The molecule has 51 heavy (non-hydrogen) atoms. The standard InChI is InChI=1S/C36H66O15/c1-3-5-7-9-10-11-12-13-14-15-17-19-28(39)49-24(21-46-27(38)18-16-8-6-4-2)22-47-35-34(45)32(43)30(41)26(51-35)23-48-36-33(44)31(42)29(40)25(20-37)50-36/h24-26,29-37,40-45H,3-23H2,1-2H3. The molecule has 300 valence electrons. The molecule has 0 amide bonds. The number of esters is 2. The van der Waals surface area contributed by atoms with E-state index < -0.39 is 92.7 Å². The monoisotopic (exact) mass is 738 g/mol. The van der Waals surface area contributed by atoms with E-state index in [0.717, 1.165) is 38.5 Å². The van der Waals surface area contributed by atoms with E-state index >= 15 is 0 Å². The van der Waals surface area contributed by atoms with Gasteiger partial charge in [-0.3, -0.25) is 9.59 Å². The minimum absolute atomic E-state index is 0.170. The van der Waals surface area contributed by atoms with Crippen LogP contribution in [0, 0.1) is 0 Å². The van der Waals surface area contributed by atoms with Crippen LogP contribution in [0.15, 0.2) is 0 Å². The summed E-state index contributed by atoms with van der Waals surface area (Å²) in [6.07, 6.45) is -0.405. The molecule has 7 N–H and O–H groups in total. The van der Waals surface area contributed by atoms with Gasteiger partial charge in [-0.05, 0) is 12.8 Å². The SMILES string of the molecule is CCCCCCCCCCCCCC(=O)OC(COC(=O)CCCCCC)COC1OC(COC2OC(CO)C(O)C(O)C2O)C(O)C(O)C1O. The molecule has 0 radical (unpaired) electrons. The van der Waals surface area contributed by atoms with Crippen molar-refractivity contribution in [3.05, 3.63) is 0 Å². The topological polar surface area (TPSA) is 231 Å². The number of hydrogen-bond acceptors (Lipinski definition) is 15. The van der Waals surface area contributed by atoms with Gasteiger partial charge in [0.25, 0.3) is 0 Å². The van der Waals surface area contributed by atoms with Crippen LogP contribution in [-0.2, 0) is 38.0 Å². The fourth-order valence-corrected chi connectivity index (χ4v) is 6.04. The molecule has 0 aromatic carbocycles. The zero-order chi connectivity index (χ0) is 37.6. The van der Waals surface area contributed by atoms with Gasteiger partial charge in [0, 0.05) is 12.8 Å². The van der Waals surface area contributed by atoms with Gasteiger partial charge in [-0.25, -0.2) is 0 Å². The highest BCUT2D eigenvalue weighted by Crippen LogP contribution is 2.26. The fraction of sp³-hybridized carbons (Fsp3) is 0.944. The number of carbonyl (C=O) groups is 2. The number of aliphatic hydroxyl groups is 7. The van der Waals surface area contributed by atoms with Gasteiger partial charge in [-0.1, -0.05) is 97.3 Å². The second kappa shape index (κ2) is 26.3. The Morgan fingerprint density at radius 3 is 1.55 bits per heavy atom. The molecule has 2 saturated heterocycles. The van der Waals surface area contributed by atoms with E-state index in [0.29, 0.717) is 12.8 Å². The number of ether oxygens (including phenoxy) is 6. The molecule has 2 fully saturated rings. The van der Waals surface area contributed by atoms with Crippen LogP contribution in [0.1, 0.15) is 123 Å². The largest absolute Gasteiger partial charge is 0.462 e. The number of carbonyl (C=O) groups excluding carboxylic acids is 2. The molecule has 15 nitrogen and oxygen atoms in total. The zero-order valence-corrected chi connectivity index (χ0v) is 30.6. The van der Waals surface area contributed by atoms with Crippen LogP contribution in [0.25, 0.3) is 0 Å². The summed E-state index contributed by atoms with van der Waals surface area (Å²) in [5.41, 5.74) is 0. The average molecular weight is 739 g/mol. The Labute approximate surface area is 302 Å². The van der Waals surface area contributed by atoms with Crippen molar-refractivity contribution in [2.24, 2.45) is 0 Å². The third-order valence-corrected chi connectivity index (χ3v) is 9.34. The van der Waals surface area contributed by atoms with Crippen molar-refractivity contribution in [1.29, 1.82) is 0 Å². The molecular weight excluding hydrogens is 672 g/mol. The van der Waals surface area contributed by atoms with Gasteiger partial charge in [0.15, 0.2) is 18.7 Å². The van der Waals surface area contributed by atoms with Gasteiger partial charge < -0.3 is 64.2 Å². The molecule has 2 aliphatic heterocycles. The van der Waals surface area contributed by atoms with Crippen LogP contribution in [-0.4, -0.2) is 142 Å². The molecule has 2 heterocycles. The molecule has 0 spiro atoms. The number of unbranched alkanes of at least 4 members (excludes halogenated alkanes) is 13. The minimum atomic E-state index is -1.75. The van der Waals surface area contributed by atoms with Crippen molar-refractivity contribution in [1.82, 2.24) is 0 Å². The lowest BCUT2D eigenvalue weighted by Crippen LogP contribution is -2.61. The normalized spacial score (nSPS) is 30.2. The molecule has 11 unspecified atom stereocenters. The highest BCUT2D eigenvalue weighted by molar-refractivity contribution is 5.70. The molecule has 15 heteroatoms. The summed E-state index contributed by atoms with van der Waals surface area (Å²) < 4.78 is 33.1. The van der Waals surface area contributed by atoms with Crippen LogP contribution < -0.4 is 0 Å². The van der Waals surface area contributed by atoms with Crippen LogP contribution in [0.4, 0.5) is 0 Å². The summed E-state index contributed by atoms with van der Waals surface area (Å²) in [6, 6.07) is 0. The Morgan fingerprint density at radius 2 is 1.00 bits per heavy atom. The summed E-state index contributed by atoms with van der Waals surface area (Å²) in [5.74, 6) is -0.944. The van der Waals surface area contributed by atoms with E-state index in [2.05, 4.69) is 13.8 Å². The van der Waals surface area contributed by atoms with Gasteiger partial charge in [-0.15, -0.1) is 0 Å². The number of hydrogen-bond donors (Lipinski definition) is 7. The summed E-state index contributed by atoms with van der Waals surface area (Å²) in [7, 11) is 0. The Bertz CT molecular complexity index is 923. The van der Waals surface area contributed by atoms with E-state index in [1.165, 1.54) is 44.9 Å². The second-order valence-corrected chi connectivity index (χ2v) is 13.8. The number of rotatable bonds is 27. The first-order valence-corrected chi connectivity index (χ1v) is 19.1. The quantitative estimate of drug-likeness (QED) is 0.0470. The van der Waals surface area contributed by atoms with Crippen molar-refractivity contribution in [3.8, 4) is 0 Å². The van der Waals surface area contributed by atoms with Gasteiger partial charge in [0.2, 0.25) is 0 Å².